The molecule has 1 atom stereocenters. The van der Waals surface area contributed by atoms with Crippen LogP contribution in [0, 0.1) is 17.6 Å². The van der Waals surface area contributed by atoms with Crippen molar-refractivity contribution in [1.82, 2.24) is 0 Å². The summed E-state index contributed by atoms with van der Waals surface area (Å²) in [6.45, 7) is 3.77. The zero-order valence-corrected chi connectivity index (χ0v) is 9.34. The second kappa shape index (κ2) is 5.05. The first-order valence-corrected chi connectivity index (χ1v) is 5.14. The predicted molar refractivity (Wildman–Crippen MR) is 57.7 cm³/mol. The molecule has 1 aromatic rings. The molecule has 2 nitrogen and oxygen atoms in total. The van der Waals surface area contributed by atoms with Gasteiger partial charge in [-0.1, -0.05) is 13.8 Å². The second-order valence-corrected chi connectivity index (χ2v) is 4.22. The van der Waals surface area contributed by atoms with E-state index in [0.29, 0.717) is 5.56 Å². The average Bonchev–Trinajstić information content (AvgIpc) is 2.11. The van der Waals surface area contributed by atoms with Crippen molar-refractivity contribution >= 4 is 5.91 Å². The van der Waals surface area contributed by atoms with Gasteiger partial charge in [0.15, 0.2) is 0 Å². The highest BCUT2D eigenvalue weighted by Crippen LogP contribution is 2.28. The van der Waals surface area contributed by atoms with Crippen LogP contribution in [0.15, 0.2) is 18.2 Å². The molecular weight excluding hydrogens is 212 g/mol. The minimum atomic E-state index is -0.634. The van der Waals surface area contributed by atoms with Crippen molar-refractivity contribution in [2.75, 3.05) is 0 Å². The SMILES string of the molecule is CC(C)C(CC(N)=O)c1cc(F)cc(F)c1. The quantitative estimate of drug-likeness (QED) is 0.844. The fraction of sp³-hybridized carbons (Fsp3) is 0.417. The normalized spacial score (nSPS) is 12.8. The third kappa shape index (κ3) is 3.29. The Bertz CT molecular complexity index is 370. The molecule has 0 spiro atoms. The summed E-state index contributed by atoms with van der Waals surface area (Å²) >= 11 is 0. The number of carbonyl (C=O) groups is 1. The molecule has 0 aliphatic rings. The molecule has 0 aliphatic carbocycles. The van der Waals surface area contributed by atoms with Crippen LogP contribution in [0.25, 0.3) is 0 Å². The molecule has 4 heteroatoms. The molecule has 88 valence electrons. The van der Waals surface area contributed by atoms with E-state index in [-0.39, 0.29) is 18.3 Å². The van der Waals surface area contributed by atoms with E-state index in [9.17, 15) is 13.6 Å². The van der Waals surface area contributed by atoms with E-state index in [1.165, 1.54) is 12.1 Å². The van der Waals surface area contributed by atoms with Crippen LogP contribution < -0.4 is 5.73 Å². The van der Waals surface area contributed by atoms with Crippen molar-refractivity contribution in [3.05, 3.63) is 35.4 Å². The Kier molecular flexibility index (Phi) is 3.99. The third-order valence-corrected chi connectivity index (χ3v) is 2.54. The Morgan fingerprint density at radius 1 is 1.25 bits per heavy atom. The Morgan fingerprint density at radius 2 is 1.75 bits per heavy atom. The van der Waals surface area contributed by atoms with Crippen molar-refractivity contribution in [3.8, 4) is 0 Å². The number of halogens is 2. The molecule has 16 heavy (non-hydrogen) atoms. The lowest BCUT2D eigenvalue weighted by molar-refractivity contribution is -0.118. The molecule has 0 fully saturated rings. The Hall–Kier alpha value is -1.45. The lowest BCUT2D eigenvalue weighted by atomic mass is 9.85. The van der Waals surface area contributed by atoms with E-state index >= 15 is 0 Å². The van der Waals surface area contributed by atoms with Gasteiger partial charge in [-0.05, 0) is 29.5 Å². The van der Waals surface area contributed by atoms with E-state index < -0.39 is 17.5 Å². The molecule has 1 rings (SSSR count). The molecular formula is C12H15F2NO. The molecule has 1 aromatic carbocycles. The van der Waals surface area contributed by atoms with Gasteiger partial charge in [0, 0.05) is 12.5 Å². The van der Waals surface area contributed by atoms with Crippen molar-refractivity contribution in [2.24, 2.45) is 11.7 Å². The standard InChI is InChI=1S/C12H15F2NO/c1-7(2)11(6-12(15)16)8-3-9(13)5-10(14)4-8/h3-5,7,11H,6H2,1-2H3,(H2,15,16). The van der Waals surface area contributed by atoms with Gasteiger partial charge in [-0.2, -0.15) is 0 Å². The van der Waals surface area contributed by atoms with Crippen LogP contribution in [0.2, 0.25) is 0 Å². The van der Waals surface area contributed by atoms with Gasteiger partial charge in [-0.25, -0.2) is 8.78 Å². The van der Waals surface area contributed by atoms with Gasteiger partial charge in [-0.3, -0.25) is 4.79 Å². The van der Waals surface area contributed by atoms with Crippen LogP contribution in [-0.4, -0.2) is 5.91 Å². The molecule has 2 N–H and O–H groups in total. The highest BCUT2D eigenvalue weighted by Gasteiger charge is 2.19. The molecule has 0 saturated heterocycles. The van der Waals surface area contributed by atoms with E-state index in [2.05, 4.69) is 0 Å². The van der Waals surface area contributed by atoms with E-state index in [1.807, 2.05) is 13.8 Å². The van der Waals surface area contributed by atoms with E-state index in [4.69, 9.17) is 5.73 Å². The van der Waals surface area contributed by atoms with Gasteiger partial charge in [0.2, 0.25) is 5.91 Å². The van der Waals surface area contributed by atoms with Gasteiger partial charge in [0.05, 0.1) is 0 Å². The van der Waals surface area contributed by atoms with Gasteiger partial charge in [0.1, 0.15) is 11.6 Å². The van der Waals surface area contributed by atoms with Gasteiger partial charge >= 0.3 is 0 Å². The number of hydrogen-bond acceptors (Lipinski definition) is 1. The van der Waals surface area contributed by atoms with Crippen molar-refractivity contribution < 1.29 is 13.6 Å². The number of primary amides is 1. The zero-order chi connectivity index (χ0) is 12.3. The van der Waals surface area contributed by atoms with E-state index in [1.54, 1.807) is 0 Å². The summed E-state index contributed by atoms with van der Waals surface area (Å²) in [7, 11) is 0. The third-order valence-electron chi connectivity index (χ3n) is 2.54. The topological polar surface area (TPSA) is 43.1 Å². The highest BCUT2D eigenvalue weighted by molar-refractivity contribution is 5.74. The average molecular weight is 227 g/mol. The summed E-state index contributed by atoms with van der Waals surface area (Å²) in [4.78, 5) is 10.9. The molecule has 0 radical (unpaired) electrons. The maximum absolute atomic E-state index is 13.0. The largest absolute Gasteiger partial charge is 0.370 e. The van der Waals surface area contributed by atoms with Gasteiger partial charge in [-0.15, -0.1) is 0 Å². The maximum Gasteiger partial charge on any atom is 0.218 e. The first-order valence-electron chi connectivity index (χ1n) is 5.14. The van der Waals surface area contributed by atoms with Crippen molar-refractivity contribution in [2.45, 2.75) is 26.2 Å². The Labute approximate surface area is 93.5 Å². The van der Waals surface area contributed by atoms with Crippen LogP contribution in [-0.2, 0) is 4.79 Å². The second-order valence-electron chi connectivity index (χ2n) is 4.22. The fourth-order valence-electron chi connectivity index (χ4n) is 1.74. The van der Waals surface area contributed by atoms with Crippen LogP contribution >= 0.6 is 0 Å². The zero-order valence-electron chi connectivity index (χ0n) is 9.34. The minimum Gasteiger partial charge on any atom is -0.370 e. The molecule has 0 bridgehead atoms. The van der Waals surface area contributed by atoms with Crippen LogP contribution in [0.3, 0.4) is 0 Å². The summed E-state index contributed by atoms with van der Waals surface area (Å²) in [5.41, 5.74) is 5.60. The van der Waals surface area contributed by atoms with Crippen LogP contribution in [0.5, 0.6) is 0 Å². The molecule has 1 amide bonds. The van der Waals surface area contributed by atoms with Gasteiger partial charge < -0.3 is 5.73 Å². The summed E-state index contributed by atoms with van der Waals surface area (Å²) < 4.78 is 26.1. The summed E-state index contributed by atoms with van der Waals surface area (Å²) in [5, 5.41) is 0. The molecule has 0 aliphatic heterocycles. The summed E-state index contributed by atoms with van der Waals surface area (Å²) in [6.07, 6.45) is 0.0978. The Morgan fingerprint density at radius 3 is 2.12 bits per heavy atom. The number of carbonyl (C=O) groups excluding carboxylic acids is 1. The lowest BCUT2D eigenvalue weighted by Crippen LogP contribution is -2.18. The molecule has 0 heterocycles. The highest BCUT2D eigenvalue weighted by atomic mass is 19.1. The Balaban J connectivity index is 3.05. The summed E-state index contributed by atoms with van der Waals surface area (Å²) in [6, 6.07) is 3.30. The molecule has 1 unspecified atom stereocenters. The lowest BCUT2D eigenvalue weighted by Gasteiger charge is -2.19. The first-order chi connectivity index (χ1) is 7.40. The van der Waals surface area contributed by atoms with Crippen molar-refractivity contribution in [1.29, 1.82) is 0 Å². The maximum atomic E-state index is 13.0. The monoisotopic (exact) mass is 227 g/mol. The number of rotatable bonds is 4. The fourth-order valence-corrected chi connectivity index (χ4v) is 1.74. The van der Waals surface area contributed by atoms with Crippen LogP contribution in [0.4, 0.5) is 8.78 Å². The number of amides is 1. The summed E-state index contributed by atoms with van der Waals surface area (Å²) in [5.74, 6) is -1.89. The number of hydrogen-bond donors (Lipinski definition) is 1. The number of nitrogens with two attached hydrogens (primary N) is 1. The molecule has 0 aromatic heterocycles. The first kappa shape index (κ1) is 12.6. The van der Waals surface area contributed by atoms with Crippen molar-refractivity contribution in [3.63, 3.8) is 0 Å². The van der Waals surface area contributed by atoms with Gasteiger partial charge in [0.25, 0.3) is 0 Å². The minimum absolute atomic E-state index is 0.0914. The number of benzene rings is 1. The smallest absolute Gasteiger partial charge is 0.218 e. The van der Waals surface area contributed by atoms with E-state index in [0.717, 1.165) is 6.07 Å². The van der Waals surface area contributed by atoms with Crippen LogP contribution in [0.1, 0.15) is 31.7 Å². The molecule has 0 saturated carbocycles. The predicted octanol–water partition coefficient (Wildman–Crippen LogP) is 2.58.